The Balaban J connectivity index is 1.77. The minimum atomic E-state index is 0.472. The number of fused-ring (bicyclic) bond motifs is 1. The molecule has 27 heavy (non-hydrogen) atoms. The number of ether oxygens (including phenoxy) is 1. The molecule has 5 heteroatoms. The molecule has 136 valence electrons. The summed E-state index contributed by atoms with van der Waals surface area (Å²) in [5, 5.41) is 1.93. The van der Waals surface area contributed by atoms with Gasteiger partial charge in [-0.25, -0.2) is 4.98 Å². The second kappa shape index (κ2) is 7.76. The van der Waals surface area contributed by atoms with Crippen molar-refractivity contribution in [3.63, 3.8) is 0 Å². The largest absolute Gasteiger partial charge is 0.488 e. The lowest BCUT2D eigenvalue weighted by Crippen LogP contribution is -1.99. The molecule has 0 aliphatic heterocycles. The second-order valence-electron chi connectivity index (χ2n) is 6.37. The van der Waals surface area contributed by atoms with Crippen molar-refractivity contribution >= 4 is 22.6 Å². The number of aromatic nitrogens is 2. The number of rotatable bonds is 7. The Morgan fingerprint density at radius 2 is 2.00 bits per heavy atom. The third-order valence-electron chi connectivity index (χ3n) is 4.49. The summed E-state index contributed by atoms with van der Waals surface area (Å²) < 4.78 is 7.95. The zero-order chi connectivity index (χ0) is 18.6. The van der Waals surface area contributed by atoms with Gasteiger partial charge >= 0.3 is 0 Å². The topological polar surface area (TPSA) is 43.6 Å². The smallest absolute Gasteiger partial charge is 0.194 e. The number of carbonyl (C=O) groups excluding carboxylic acids is 1. The molecule has 4 aromatic rings. The van der Waals surface area contributed by atoms with Crippen LogP contribution in [0.3, 0.4) is 0 Å². The predicted molar refractivity (Wildman–Crippen MR) is 109 cm³/mol. The molecular weight excluding hydrogens is 356 g/mol. The molecule has 2 heterocycles. The van der Waals surface area contributed by atoms with Crippen molar-refractivity contribution in [2.24, 2.45) is 0 Å². The molecule has 0 bridgehead atoms. The van der Waals surface area contributed by atoms with E-state index >= 15 is 0 Å². The number of carbonyl (C=O) groups is 1. The van der Waals surface area contributed by atoms with Crippen molar-refractivity contribution < 1.29 is 9.53 Å². The summed E-state index contributed by atoms with van der Waals surface area (Å²) >= 11 is 1.52. The first kappa shape index (κ1) is 17.5. The van der Waals surface area contributed by atoms with E-state index in [0.717, 1.165) is 41.0 Å². The molecule has 4 nitrogen and oxygen atoms in total. The van der Waals surface area contributed by atoms with E-state index < -0.39 is 0 Å². The second-order valence-corrected chi connectivity index (χ2v) is 7.25. The molecule has 0 amide bonds. The molecule has 0 saturated heterocycles. The van der Waals surface area contributed by atoms with Crippen LogP contribution in [0.2, 0.25) is 0 Å². The van der Waals surface area contributed by atoms with E-state index in [1.54, 1.807) is 0 Å². The Morgan fingerprint density at radius 3 is 2.78 bits per heavy atom. The van der Waals surface area contributed by atoms with E-state index in [9.17, 15) is 4.79 Å². The lowest BCUT2D eigenvalue weighted by molar-refractivity contribution is 0.111. The van der Waals surface area contributed by atoms with Crippen LogP contribution in [0.5, 0.6) is 5.75 Å². The predicted octanol–water partition coefficient (Wildman–Crippen LogP) is 5.41. The normalized spacial score (nSPS) is 11.0. The molecule has 4 rings (SSSR count). The molecule has 0 saturated carbocycles. The summed E-state index contributed by atoms with van der Waals surface area (Å²) in [6.07, 6.45) is 4.78. The fraction of sp³-hybridized carbons (Fsp3) is 0.182. The van der Waals surface area contributed by atoms with Gasteiger partial charge in [-0.05, 0) is 29.7 Å². The highest BCUT2D eigenvalue weighted by Crippen LogP contribution is 2.34. The van der Waals surface area contributed by atoms with Crippen molar-refractivity contribution in [3.05, 3.63) is 76.9 Å². The summed E-state index contributed by atoms with van der Waals surface area (Å²) in [5.41, 5.74) is 4.42. The van der Waals surface area contributed by atoms with Crippen LogP contribution < -0.4 is 4.74 Å². The average Bonchev–Trinajstić information content (AvgIpc) is 3.29. The number of imidazole rings is 1. The van der Waals surface area contributed by atoms with Gasteiger partial charge in [-0.1, -0.05) is 49.7 Å². The van der Waals surface area contributed by atoms with Gasteiger partial charge in [0.1, 0.15) is 23.7 Å². The first-order valence-electron chi connectivity index (χ1n) is 9.01. The van der Waals surface area contributed by atoms with Gasteiger partial charge in [-0.3, -0.25) is 9.20 Å². The lowest BCUT2D eigenvalue weighted by atomic mass is 10.0. The van der Waals surface area contributed by atoms with Crippen LogP contribution in [-0.4, -0.2) is 15.7 Å². The Labute approximate surface area is 162 Å². The maximum atomic E-state index is 11.8. The fourth-order valence-electron chi connectivity index (χ4n) is 3.18. The van der Waals surface area contributed by atoms with Crippen LogP contribution in [0.15, 0.2) is 60.1 Å². The standard InChI is InChI=1S/C22H20N2O2S/c1-2-6-16-9-10-20(26-15-17-7-4-3-5-8-17)18(13-16)21-19(14-25)24-11-12-27-22(24)23-21/h3-5,7-14H,2,6,15H2,1H3. The van der Waals surface area contributed by atoms with Crippen LogP contribution in [-0.2, 0) is 13.0 Å². The summed E-state index contributed by atoms with van der Waals surface area (Å²) in [6.45, 7) is 2.63. The molecular formula is C22H20N2O2S. The fourth-order valence-corrected chi connectivity index (χ4v) is 3.90. The van der Waals surface area contributed by atoms with Crippen molar-refractivity contribution in [2.45, 2.75) is 26.4 Å². The van der Waals surface area contributed by atoms with Gasteiger partial charge in [0.05, 0.1) is 0 Å². The number of benzene rings is 2. The van der Waals surface area contributed by atoms with Crippen LogP contribution >= 0.6 is 11.3 Å². The first-order chi connectivity index (χ1) is 13.3. The van der Waals surface area contributed by atoms with Crippen molar-refractivity contribution in [1.29, 1.82) is 0 Å². The lowest BCUT2D eigenvalue weighted by Gasteiger charge is -2.13. The van der Waals surface area contributed by atoms with Crippen LogP contribution in [0, 0.1) is 0 Å². The van der Waals surface area contributed by atoms with Crippen molar-refractivity contribution in [2.75, 3.05) is 0 Å². The molecule has 0 unspecified atom stereocenters. The van der Waals surface area contributed by atoms with Crippen LogP contribution in [0.1, 0.15) is 35.0 Å². The average molecular weight is 376 g/mol. The van der Waals surface area contributed by atoms with Gasteiger partial charge in [0.15, 0.2) is 11.2 Å². The third kappa shape index (κ3) is 3.51. The molecule has 2 aromatic carbocycles. The number of nitrogens with zero attached hydrogens (tertiary/aromatic N) is 2. The number of aryl methyl sites for hydroxylation is 1. The zero-order valence-electron chi connectivity index (χ0n) is 15.1. The summed E-state index contributed by atoms with van der Waals surface area (Å²) in [5.74, 6) is 0.743. The molecule has 0 N–H and O–H groups in total. The highest BCUT2D eigenvalue weighted by molar-refractivity contribution is 7.15. The van der Waals surface area contributed by atoms with E-state index in [4.69, 9.17) is 9.72 Å². The molecule has 2 aromatic heterocycles. The van der Waals surface area contributed by atoms with Gasteiger partial charge < -0.3 is 4.74 Å². The highest BCUT2D eigenvalue weighted by Gasteiger charge is 2.18. The van der Waals surface area contributed by atoms with Crippen molar-refractivity contribution in [1.82, 2.24) is 9.38 Å². The van der Waals surface area contributed by atoms with Crippen LogP contribution in [0.25, 0.3) is 16.2 Å². The molecule has 0 aliphatic carbocycles. The molecule has 0 atom stereocenters. The molecule has 0 spiro atoms. The number of aldehydes is 1. The minimum Gasteiger partial charge on any atom is -0.488 e. The quantitative estimate of drug-likeness (QED) is 0.405. The number of thiazole rings is 1. The Kier molecular flexibility index (Phi) is 5.03. The maximum Gasteiger partial charge on any atom is 0.194 e. The van der Waals surface area contributed by atoms with E-state index in [-0.39, 0.29) is 0 Å². The van der Waals surface area contributed by atoms with Gasteiger partial charge in [0.25, 0.3) is 0 Å². The third-order valence-corrected chi connectivity index (χ3v) is 5.24. The SMILES string of the molecule is CCCc1ccc(OCc2ccccc2)c(-c2nc3sccn3c2C=O)c1. The van der Waals surface area contributed by atoms with Crippen LogP contribution in [0.4, 0.5) is 0 Å². The summed E-state index contributed by atoms with van der Waals surface area (Å²) in [7, 11) is 0. The number of hydrogen-bond acceptors (Lipinski definition) is 4. The highest BCUT2D eigenvalue weighted by atomic mass is 32.1. The van der Waals surface area contributed by atoms with Crippen molar-refractivity contribution in [3.8, 4) is 17.0 Å². The van der Waals surface area contributed by atoms with Gasteiger partial charge in [0.2, 0.25) is 0 Å². The van der Waals surface area contributed by atoms with Gasteiger partial charge in [0, 0.05) is 17.1 Å². The first-order valence-corrected chi connectivity index (χ1v) is 9.89. The zero-order valence-corrected chi connectivity index (χ0v) is 15.9. The minimum absolute atomic E-state index is 0.472. The van der Waals surface area contributed by atoms with E-state index in [1.165, 1.54) is 16.9 Å². The molecule has 0 radical (unpaired) electrons. The summed E-state index contributed by atoms with van der Waals surface area (Å²) in [4.78, 5) is 17.3. The Hall–Kier alpha value is -2.92. The molecule has 0 aliphatic rings. The van der Waals surface area contributed by atoms with Gasteiger partial charge in [-0.2, -0.15) is 0 Å². The van der Waals surface area contributed by atoms with E-state index in [2.05, 4.69) is 19.1 Å². The van der Waals surface area contributed by atoms with E-state index in [1.807, 2.05) is 52.4 Å². The van der Waals surface area contributed by atoms with Gasteiger partial charge in [-0.15, -0.1) is 11.3 Å². The number of hydrogen-bond donors (Lipinski definition) is 0. The summed E-state index contributed by atoms with van der Waals surface area (Å²) in [6, 6.07) is 16.2. The van der Waals surface area contributed by atoms with E-state index in [0.29, 0.717) is 18.0 Å². The maximum absolute atomic E-state index is 11.8. The monoisotopic (exact) mass is 376 g/mol. The Morgan fingerprint density at radius 1 is 1.15 bits per heavy atom. The Bertz CT molecular complexity index is 1070. The molecule has 0 fully saturated rings.